The molecule has 2 amide bonds. The number of likely N-dealkylation sites (tertiary alicyclic amines) is 1. The molecule has 3 rings (SSSR count). The average Bonchev–Trinajstić information content (AvgIpc) is 3.21. The number of hydrogen-bond acceptors (Lipinski definition) is 3. The van der Waals surface area contributed by atoms with Gasteiger partial charge in [0.2, 0.25) is 0 Å². The first-order chi connectivity index (χ1) is 12.6. The second-order valence-corrected chi connectivity index (χ2v) is 7.95. The van der Waals surface area contributed by atoms with E-state index in [1.807, 2.05) is 0 Å². The van der Waals surface area contributed by atoms with Gasteiger partial charge in [0.15, 0.2) is 0 Å². The molecule has 1 saturated heterocycles. The molecule has 1 atom stereocenters. The minimum atomic E-state index is -4.35. The molecule has 0 aliphatic carbocycles. The number of halogens is 3. The zero-order valence-electron chi connectivity index (χ0n) is 14.8. The Bertz CT molecular complexity index is 847. The number of carbonyl (C=O) groups is 2. The molecular weight excluding hydrogens is 377 g/mol. The van der Waals surface area contributed by atoms with E-state index in [1.165, 1.54) is 36.2 Å². The van der Waals surface area contributed by atoms with E-state index in [4.69, 9.17) is 0 Å². The van der Waals surface area contributed by atoms with Gasteiger partial charge in [-0.05, 0) is 49.9 Å². The van der Waals surface area contributed by atoms with Crippen LogP contribution in [0.5, 0.6) is 0 Å². The van der Waals surface area contributed by atoms with E-state index in [2.05, 4.69) is 5.32 Å². The molecule has 0 radical (unpaired) electrons. The molecule has 2 aromatic rings. The summed E-state index contributed by atoms with van der Waals surface area (Å²) in [6.07, 6.45) is -4.47. The Morgan fingerprint density at radius 3 is 2.56 bits per heavy atom. The van der Waals surface area contributed by atoms with Crippen molar-refractivity contribution in [1.82, 2.24) is 4.90 Å². The van der Waals surface area contributed by atoms with Crippen LogP contribution in [-0.2, 0) is 0 Å². The Kier molecular flexibility index (Phi) is 5.03. The van der Waals surface area contributed by atoms with Crippen LogP contribution in [0.25, 0.3) is 0 Å². The molecule has 4 nitrogen and oxygen atoms in total. The molecule has 8 heteroatoms. The van der Waals surface area contributed by atoms with E-state index >= 15 is 0 Å². The van der Waals surface area contributed by atoms with Crippen molar-refractivity contribution in [3.05, 3.63) is 52.2 Å². The van der Waals surface area contributed by atoms with Crippen LogP contribution in [-0.4, -0.2) is 35.0 Å². The Morgan fingerprint density at radius 2 is 1.96 bits per heavy atom. The smallest absolute Gasteiger partial charge is 0.333 e. The highest BCUT2D eigenvalue weighted by Crippen LogP contribution is 2.45. The highest BCUT2D eigenvalue weighted by molar-refractivity contribution is 7.12. The predicted octanol–water partition coefficient (Wildman–Crippen LogP) is 4.80. The van der Waals surface area contributed by atoms with Crippen molar-refractivity contribution in [2.45, 2.75) is 32.0 Å². The van der Waals surface area contributed by atoms with Crippen molar-refractivity contribution in [1.29, 1.82) is 0 Å². The van der Waals surface area contributed by atoms with Gasteiger partial charge in [-0.1, -0.05) is 12.1 Å². The summed E-state index contributed by atoms with van der Waals surface area (Å²) in [6.45, 7) is 2.93. The van der Waals surface area contributed by atoms with Crippen molar-refractivity contribution in [3.63, 3.8) is 0 Å². The molecule has 1 N–H and O–H groups in total. The summed E-state index contributed by atoms with van der Waals surface area (Å²) in [5, 5.41) is 4.48. The maximum Gasteiger partial charge on any atom is 0.394 e. The van der Waals surface area contributed by atoms with Crippen LogP contribution in [0.2, 0.25) is 0 Å². The van der Waals surface area contributed by atoms with Crippen LogP contribution in [0.1, 0.15) is 40.3 Å². The molecule has 0 spiro atoms. The van der Waals surface area contributed by atoms with Gasteiger partial charge in [-0.15, -0.1) is 11.3 Å². The Morgan fingerprint density at radius 1 is 1.22 bits per heavy atom. The van der Waals surface area contributed by atoms with Gasteiger partial charge in [-0.2, -0.15) is 13.2 Å². The number of carbonyl (C=O) groups excluding carboxylic acids is 2. The second-order valence-electron chi connectivity index (χ2n) is 7.01. The maximum atomic E-state index is 13.3. The monoisotopic (exact) mass is 396 g/mol. The van der Waals surface area contributed by atoms with Crippen molar-refractivity contribution >= 4 is 28.8 Å². The van der Waals surface area contributed by atoms with Crippen molar-refractivity contribution < 1.29 is 22.8 Å². The summed E-state index contributed by atoms with van der Waals surface area (Å²) in [6, 6.07) is 9.70. The van der Waals surface area contributed by atoms with E-state index in [0.717, 1.165) is 0 Å². The minimum absolute atomic E-state index is 0.0434. The number of amides is 2. The van der Waals surface area contributed by atoms with Crippen LogP contribution >= 0.6 is 11.3 Å². The number of nitrogens with zero attached hydrogens (tertiary/aromatic N) is 1. The van der Waals surface area contributed by atoms with Gasteiger partial charge in [-0.3, -0.25) is 9.59 Å². The molecule has 0 saturated carbocycles. The zero-order chi connectivity index (χ0) is 19.8. The first-order valence-corrected chi connectivity index (χ1v) is 9.32. The first kappa shape index (κ1) is 19.4. The number of benzene rings is 1. The second kappa shape index (κ2) is 6.99. The van der Waals surface area contributed by atoms with Gasteiger partial charge in [-0.25, -0.2) is 0 Å². The van der Waals surface area contributed by atoms with E-state index in [0.29, 0.717) is 10.6 Å². The molecule has 144 valence electrons. The standard InChI is InChI=1S/C19H19F3N2O2S/c1-18(2)15(19(20,21)22)8-9-24(18)17(26)12-5-3-6-13(11-12)23-16(25)14-7-4-10-27-14/h3-7,10-11,15H,8-9H2,1-2H3,(H,23,25)/t15-/m0/s1. The van der Waals surface area contributed by atoms with E-state index < -0.39 is 23.5 Å². The highest BCUT2D eigenvalue weighted by Gasteiger charge is 2.56. The maximum absolute atomic E-state index is 13.3. The van der Waals surface area contributed by atoms with Gasteiger partial charge >= 0.3 is 6.18 Å². The van der Waals surface area contributed by atoms with Crippen LogP contribution in [0.4, 0.5) is 18.9 Å². The van der Waals surface area contributed by atoms with Gasteiger partial charge in [0.25, 0.3) is 11.8 Å². The fourth-order valence-electron chi connectivity index (χ4n) is 3.50. The largest absolute Gasteiger partial charge is 0.394 e. The van der Waals surface area contributed by atoms with Crippen LogP contribution in [0.3, 0.4) is 0 Å². The summed E-state index contributed by atoms with van der Waals surface area (Å²) in [5.41, 5.74) is -0.663. The lowest BCUT2D eigenvalue weighted by molar-refractivity contribution is -0.189. The summed E-state index contributed by atoms with van der Waals surface area (Å²) in [5.74, 6) is -2.33. The van der Waals surface area contributed by atoms with Gasteiger partial charge in [0, 0.05) is 23.3 Å². The molecular formula is C19H19F3N2O2S. The number of rotatable bonds is 3. The van der Waals surface area contributed by atoms with Crippen LogP contribution in [0, 0.1) is 5.92 Å². The molecule has 1 aromatic carbocycles. The molecule has 0 bridgehead atoms. The molecule has 1 fully saturated rings. The van der Waals surface area contributed by atoms with Crippen LogP contribution in [0.15, 0.2) is 41.8 Å². The SMILES string of the molecule is CC1(C)[C@@H](C(F)(F)F)CCN1C(=O)c1cccc(NC(=O)c2cccs2)c1. The lowest BCUT2D eigenvalue weighted by atomic mass is 9.87. The highest BCUT2D eigenvalue weighted by atomic mass is 32.1. The third-order valence-corrected chi connectivity index (χ3v) is 5.81. The number of hydrogen-bond donors (Lipinski definition) is 1. The van der Waals surface area contributed by atoms with E-state index in [1.54, 1.807) is 35.7 Å². The normalized spacial score (nSPS) is 19.1. The van der Waals surface area contributed by atoms with E-state index in [-0.39, 0.29) is 24.4 Å². The van der Waals surface area contributed by atoms with Gasteiger partial charge < -0.3 is 10.2 Å². The summed E-state index contributed by atoms with van der Waals surface area (Å²) < 4.78 is 39.8. The molecule has 27 heavy (non-hydrogen) atoms. The fourth-order valence-corrected chi connectivity index (χ4v) is 4.12. The summed E-state index contributed by atoms with van der Waals surface area (Å²) >= 11 is 1.29. The molecule has 1 aromatic heterocycles. The quantitative estimate of drug-likeness (QED) is 0.810. The summed E-state index contributed by atoms with van der Waals surface area (Å²) in [7, 11) is 0. The molecule has 2 heterocycles. The topological polar surface area (TPSA) is 49.4 Å². The van der Waals surface area contributed by atoms with Gasteiger partial charge in [0.05, 0.1) is 10.8 Å². The zero-order valence-corrected chi connectivity index (χ0v) is 15.7. The number of alkyl halides is 3. The van der Waals surface area contributed by atoms with Crippen molar-refractivity contribution in [2.75, 3.05) is 11.9 Å². The van der Waals surface area contributed by atoms with Crippen molar-refractivity contribution in [3.8, 4) is 0 Å². The Labute approximate surface area is 159 Å². The summed E-state index contributed by atoms with van der Waals surface area (Å²) in [4.78, 5) is 26.8. The van der Waals surface area contributed by atoms with Crippen LogP contribution < -0.4 is 5.32 Å². The Hall–Kier alpha value is -2.35. The van der Waals surface area contributed by atoms with E-state index in [9.17, 15) is 22.8 Å². The minimum Gasteiger partial charge on any atom is -0.333 e. The molecule has 1 aliphatic heterocycles. The number of nitrogens with one attached hydrogen (secondary N) is 1. The van der Waals surface area contributed by atoms with Gasteiger partial charge in [0.1, 0.15) is 0 Å². The number of thiophene rings is 1. The fraction of sp³-hybridized carbons (Fsp3) is 0.368. The number of anilines is 1. The molecule has 1 aliphatic rings. The van der Waals surface area contributed by atoms with Crippen molar-refractivity contribution in [2.24, 2.45) is 5.92 Å². The Balaban J connectivity index is 1.79. The molecule has 0 unspecified atom stereocenters. The lowest BCUT2D eigenvalue weighted by Gasteiger charge is -2.36. The lowest BCUT2D eigenvalue weighted by Crippen LogP contribution is -2.49. The third-order valence-electron chi connectivity index (χ3n) is 4.94. The third kappa shape index (κ3) is 3.85. The average molecular weight is 396 g/mol. The predicted molar refractivity (Wildman–Crippen MR) is 98.0 cm³/mol. The first-order valence-electron chi connectivity index (χ1n) is 8.44.